The summed E-state index contributed by atoms with van der Waals surface area (Å²) < 4.78 is 15.2. The number of nitrogens with one attached hydrogen (secondary N) is 1. The summed E-state index contributed by atoms with van der Waals surface area (Å²) in [4.78, 5) is 46.6. The minimum absolute atomic E-state index is 0.0463. The number of esters is 1. The van der Waals surface area contributed by atoms with Gasteiger partial charge in [-0.1, -0.05) is 0 Å². The average molecular weight is 399 g/mol. The molecule has 29 heavy (non-hydrogen) atoms. The highest BCUT2D eigenvalue weighted by molar-refractivity contribution is 6.05. The van der Waals surface area contributed by atoms with E-state index in [1.54, 1.807) is 36.4 Å². The monoisotopic (exact) mass is 399 g/mol. The molecule has 0 aliphatic rings. The Hall–Kier alpha value is -3.68. The molecule has 8 nitrogen and oxygen atoms in total. The number of ether oxygens (including phenoxy) is 3. The van der Waals surface area contributed by atoms with Gasteiger partial charge in [0, 0.05) is 11.1 Å². The van der Waals surface area contributed by atoms with Crippen molar-refractivity contribution >= 4 is 23.6 Å². The van der Waals surface area contributed by atoms with E-state index in [9.17, 15) is 19.2 Å². The van der Waals surface area contributed by atoms with E-state index in [-0.39, 0.29) is 24.4 Å². The van der Waals surface area contributed by atoms with Crippen LogP contribution in [0.2, 0.25) is 0 Å². The third kappa shape index (κ3) is 7.10. The molecule has 0 bridgehead atoms. The molecule has 0 aliphatic heterocycles. The summed E-state index contributed by atoms with van der Waals surface area (Å²) in [5.41, 5.74) is 0.835. The van der Waals surface area contributed by atoms with E-state index in [1.807, 2.05) is 0 Å². The number of carbonyl (C=O) groups is 4. The van der Waals surface area contributed by atoms with Crippen molar-refractivity contribution in [2.45, 2.75) is 13.3 Å². The second-order valence-electron chi connectivity index (χ2n) is 5.95. The predicted molar refractivity (Wildman–Crippen MR) is 103 cm³/mol. The fourth-order valence-electron chi connectivity index (χ4n) is 2.23. The number of rotatable bonds is 9. The Morgan fingerprint density at radius 3 is 2.03 bits per heavy atom. The maximum atomic E-state index is 11.9. The van der Waals surface area contributed by atoms with Gasteiger partial charge < -0.3 is 14.2 Å². The van der Waals surface area contributed by atoms with E-state index >= 15 is 0 Å². The van der Waals surface area contributed by atoms with Gasteiger partial charge in [-0.05, 0) is 55.5 Å². The molecule has 0 saturated heterocycles. The van der Waals surface area contributed by atoms with Crippen molar-refractivity contribution in [2.24, 2.45) is 0 Å². The molecule has 0 saturated carbocycles. The molecule has 0 spiro atoms. The molecular formula is C21H21NO7. The maximum Gasteiger partial charge on any atom is 0.309 e. The molecule has 0 aliphatic carbocycles. The van der Waals surface area contributed by atoms with Gasteiger partial charge in [0.1, 0.15) is 11.5 Å². The van der Waals surface area contributed by atoms with Gasteiger partial charge in [-0.3, -0.25) is 24.5 Å². The number of hydrogen-bond acceptors (Lipinski definition) is 7. The molecule has 2 aromatic carbocycles. The fourth-order valence-corrected chi connectivity index (χ4v) is 2.23. The van der Waals surface area contributed by atoms with Gasteiger partial charge in [0.15, 0.2) is 12.4 Å². The topological polar surface area (TPSA) is 108 Å². The molecule has 1 N–H and O–H groups in total. The van der Waals surface area contributed by atoms with Crippen molar-refractivity contribution in [3.63, 3.8) is 0 Å². The highest BCUT2D eigenvalue weighted by Crippen LogP contribution is 2.13. The summed E-state index contributed by atoms with van der Waals surface area (Å²) in [7, 11) is 1.50. The molecule has 0 unspecified atom stereocenters. The highest BCUT2D eigenvalue weighted by Gasteiger charge is 2.13. The standard InChI is InChI=1S/C21H21NO7/c1-14(23)15-3-9-18(10-4-15)28-12-11-20(25)29-13-19(24)22-21(26)16-5-7-17(27-2)8-6-16/h3-10H,11-13H2,1-2H3,(H,22,24,26). The van der Waals surface area contributed by atoms with Gasteiger partial charge in [0.2, 0.25) is 0 Å². The fraction of sp³-hybridized carbons (Fsp3) is 0.238. The summed E-state index contributed by atoms with van der Waals surface area (Å²) in [6.45, 7) is 0.936. The third-order valence-electron chi connectivity index (χ3n) is 3.81. The normalized spacial score (nSPS) is 10.0. The molecule has 8 heteroatoms. The quantitative estimate of drug-likeness (QED) is 0.508. The Morgan fingerprint density at radius 2 is 1.45 bits per heavy atom. The Morgan fingerprint density at radius 1 is 0.862 bits per heavy atom. The first kappa shape index (κ1) is 21.6. The van der Waals surface area contributed by atoms with E-state index in [0.717, 1.165) is 0 Å². The lowest BCUT2D eigenvalue weighted by atomic mass is 10.1. The van der Waals surface area contributed by atoms with Crippen LogP contribution < -0.4 is 14.8 Å². The molecular weight excluding hydrogens is 378 g/mol. The lowest BCUT2D eigenvalue weighted by Gasteiger charge is -2.08. The van der Waals surface area contributed by atoms with Gasteiger partial charge in [0.05, 0.1) is 20.1 Å². The van der Waals surface area contributed by atoms with Crippen LogP contribution in [0.5, 0.6) is 11.5 Å². The largest absolute Gasteiger partial charge is 0.497 e. The summed E-state index contributed by atoms with van der Waals surface area (Å²) in [5, 5.41) is 2.13. The molecule has 2 rings (SSSR count). The lowest BCUT2D eigenvalue weighted by Crippen LogP contribution is -2.34. The van der Waals surface area contributed by atoms with Gasteiger partial charge in [-0.25, -0.2) is 0 Å². The predicted octanol–water partition coefficient (Wildman–Crippen LogP) is 2.17. The molecule has 0 fully saturated rings. The van der Waals surface area contributed by atoms with E-state index in [4.69, 9.17) is 14.2 Å². The maximum absolute atomic E-state index is 11.9. The molecule has 0 heterocycles. The number of hydrogen-bond donors (Lipinski definition) is 1. The summed E-state index contributed by atoms with van der Waals surface area (Å²) in [6, 6.07) is 12.7. The molecule has 0 atom stereocenters. The van der Waals surface area contributed by atoms with Crippen LogP contribution >= 0.6 is 0 Å². The average Bonchev–Trinajstić information content (AvgIpc) is 2.72. The lowest BCUT2D eigenvalue weighted by molar-refractivity contribution is -0.148. The van der Waals surface area contributed by atoms with Crippen LogP contribution in [-0.4, -0.2) is 43.9 Å². The van der Waals surface area contributed by atoms with E-state index in [2.05, 4.69) is 5.32 Å². The molecule has 0 radical (unpaired) electrons. The Kier molecular flexibility index (Phi) is 7.90. The van der Waals surface area contributed by atoms with Gasteiger partial charge in [-0.15, -0.1) is 0 Å². The Balaban J connectivity index is 1.67. The SMILES string of the molecule is COc1ccc(C(=O)NC(=O)COC(=O)CCOc2ccc(C(C)=O)cc2)cc1. The third-order valence-corrected chi connectivity index (χ3v) is 3.81. The van der Waals surface area contributed by atoms with Crippen LogP contribution in [0.25, 0.3) is 0 Å². The summed E-state index contributed by atoms with van der Waals surface area (Å²) in [5.74, 6) is -0.948. The first-order valence-corrected chi connectivity index (χ1v) is 8.76. The van der Waals surface area contributed by atoms with Crippen LogP contribution in [0.1, 0.15) is 34.1 Å². The molecule has 152 valence electrons. The van der Waals surface area contributed by atoms with Crippen molar-refractivity contribution in [1.82, 2.24) is 5.32 Å². The number of benzene rings is 2. The van der Waals surface area contributed by atoms with Gasteiger partial charge in [-0.2, -0.15) is 0 Å². The number of carbonyl (C=O) groups excluding carboxylic acids is 4. The number of amides is 2. The van der Waals surface area contributed by atoms with Crippen LogP contribution in [0, 0.1) is 0 Å². The van der Waals surface area contributed by atoms with Gasteiger partial charge >= 0.3 is 5.97 Å². The molecule has 2 amide bonds. The van der Waals surface area contributed by atoms with E-state index < -0.39 is 24.4 Å². The molecule has 0 aromatic heterocycles. The highest BCUT2D eigenvalue weighted by atomic mass is 16.5. The van der Waals surface area contributed by atoms with E-state index in [0.29, 0.717) is 17.1 Å². The smallest absolute Gasteiger partial charge is 0.309 e. The zero-order valence-corrected chi connectivity index (χ0v) is 16.1. The first-order chi connectivity index (χ1) is 13.9. The van der Waals surface area contributed by atoms with Crippen LogP contribution in [0.4, 0.5) is 0 Å². The number of ketones is 1. The zero-order valence-electron chi connectivity index (χ0n) is 16.1. The Labute approximate surface area is 167 Å². The minimum Gasteiger partial charge on any atom is -0.497 e. The van der Waals surface area contributed by atoms with Crippen molar-refractivity contribution in [1.29, 1.82) is 0 Å². The van der Waals surface area contributed by atoms with Crippen molar-refractivity contribution in [2.75, 3.05) is 20.3 Å². The van der Waals surface area contributed by atoms with E-state index in [1.165, 1.54) is 26.2 Å². The number of imide groups is 1. The zero-order chi connectivity index (χ0) is 21.2. The Bertz CT molecular complexity index is 873. The van der Waals surface area contributed by atoms with Crippen LogP contribution in [0.3, 0.4) is 0 Å². The second kappa shape index (κ2) is 10.6. The summed E-state index contributed by atoms with van der Waals surface area (Å²) >= 11 is 0. The first-order valence-electron chi connectivity index (χ1n) is 8.76. The van der Waals surface area contributed by atoms with Crippen molar-refractivity contribution in [3.05, 3.63) is 59.7 Å². The number of methoxy groups -OCH3 is 1. The molecule has 2 aromatic rings. The van der Waals surface area contributed by atoms with Gasteiger partial charge in [0.25, 0.3) is 11.8 Å². The van der Waals surface area contributed by atoms with Crippen LogP contribution in [-0.2, 0) is 14.3 Å². The minimum atomic E-state index is -0.736. The van der Waals surface area contributed by atoms with Crippen molar-refractivity contribution < 1.29 is 33.4 Å². The summed E-state index contributed by atoms with van der Waals surface area (Å²) in [6.07, 6.45) is -0.0752. The number of Topliss-reactive ketones (excluding diaryl/α,β-unsaturated/α-hetero) is 1. The van der Waals surface area contributed by atoms with Crippen LogP contribution in [0.15, 0.2) is 48.5 Å². The second-order valence-corrected chi connectivity index (χ2v) is 5.95. The van der Waals surface area contributed by atoms with Crippen molar-refractivity contribution in [3.8, 4) is 11.5 Å².